The number of rotatable bonds is 8. The molecule has 0 spiro atoms. The summed E-state index contributed by atoms with van der Waals surface area (Å²) in [5.74, 6) is 1.68. The molecule has 1 heterocycles. The first-order chi connectivity index (χ1) is 13.7. The van der Waals surface area contributed by atoms with Gasteiger partial charge in [0.25, 0.3) is 0 Å². The van der Waals surface area contributed by atoms with Crippen LogP contribution >= 0.6 is 15.9 Å². The van der Waals surface area contributed by atoms with E-state index in [9.17, 15) is 0 Å². The van der Waals surface area contributed by atoms with Crippen molar-refractivity contribution >= 4 is 15.9 Å². The molecule has 28 heavy (non-hydrogen) atoms. The van der Waals surface area contributed by atoms with Crippen molar-refractivity contribution in [2.24, 2.45) is 0 Å². The van der Waals surface area contributed by atoms with Crippen LogP contribution in [0.25, 0.3) is 0 Å². The lowest BCUT2D eigenvalue weighted by molar-refractivity contribution is 0.0990. The molecule has 1 N–H and O–H groups in total. The quantitative estimate of drug-likeness (QED) is 0.606. The first kappa shape index (κ1) is 19.9. The second kappa shape index (κ2) is 9.43. The van der Waals surface area contributed by atoms with Crippen molar-refractivity contribution in [2.45, 2.75) is 56.7 Å². The molecule has 2 fully saturated rings. The third-order valence-electron chi connectivity index (χ3n) is 6.24. The van der Waals surface area contributed by atoms with E-state index < -0.39 is 0 Å². The van der Waals surface area contributed by atoms with E-state index in [1.54, 1.807) is 0 Å². The van der Waals surface area contributed by atoms with Crippen LogP contribution in [0.5, 0.6) is 5.75 Å². The molecule has 1 aliphatic carbocycles. The minimum atomic E-state index is 0.502. The Morgan fingerprint density at radius 1 is 1.07 bits per heavy atom. The van der Waals surface area contributed by atoms with E-state index in [1.165, 1.54) is 37.9 Å². The normalized spacial score (nSPS) is 24.1. The van der Waals surface area contributed by atoms with E-state index in [0.717, 1.165) is 29.2 Å². The van der Waals surface area contributed by atoms with Crippen molar-refractivity contribution in [3.8, 4) is 5.75 Å². The van der Waals surface area contributed by atoms with E-state index in [-0.39, 0.29) is 0 Å². The highest BCUT2D eigenvalue weighted by Crippen LogP contribution is 2.41. The molecule has 2 aromatic carbocycles. The van der Waals surface area contributed by atoms with Gasteiger partial charge in [0.05, 0.1) is 0 Å². The number of halogens is 1. The zero-order valence-electron chi connectivity index (χ0n) is 16.7. The Balaban J connectivity index is 1.20. The predicted octanol–water partition coefficient (Wildman–Crippen LogP) is 5.22. The summed E-state index contributed by atoms with van der Waals surface area (Å²) in [5.41, 5.74) is 1.49. The summed E-state index contributed by atoms with van der Waals surface area (Å²) in [6.45, 7) is 5.38. The average Bonchev–Trinajstić information content (AvgIpc) is 3.51. The molecular weight excluding hydrogens is 412 g/mol. The summed E-state index contributed by atoms with van der Waals surface area (Å²) in [5, 5.41) is 3.92. The maximum atomic E-state index is 6.05. The molecule has 2 aromatic rings. The number of ether oxygens (including phenoxy) is 1. The van der Waals surface area contributed by atoms with Gasteiger partial charge in [0.1, 0.15) is 12.4 Å². The van der Waals surface area contributed by atoms with Crippen molar-refractivity contribution in [3.63, 3.8) is 0 Å². The molecule has 3 nitrogen and oxygen atoms in total. The Hall–Kier alpha value is -1.36. The molecule has 0 bridgehead atoms. The highest BCUT2D eigenvalue weighted by atomic mass is 79.9. The summed E-state index contributed by atoms with van der Waals surface area (Å²) < 4.78 is 7.14. The Morgan fingerprint density at radius 2 is 1.79 bits per heavy atom. The van der Waals surface area contributed by atoms with Gasteiger partial charge in [-0.25, -0.2) is 0 Å². The molecule has 1 unspecified atom stereocenters. The molecule has 1 aliphatic heterocycles. The molecule has 150 valence electrons. The number of likely N-dealkylation sites (tertiary alicyclic amines) is 1. The lowest BCUT2D eigenvalue weighted by atomic mass is 10.0. The fourth-order valence-electron chi connectivity index (χ4n) is 4.39. The third kappa shape index (κ3) is 5.16. The summed E-state index contributed by atoms with van der Waals surface area (Å²) in [7, 11) is 0. The fraction of sp³-hybridized carbons (Fsp3) is 0.500. The lowest BCUT2D eigenvalue weighted by Crippen LogP contribution is -2.48. The zero-order chi connectivity index (χ0) is 19.3. The van der Waals surface area contributed by atoms with Crippen molar-refractivity contribution in [1.29, 1.82) is 0 Å². The summed E-state index contributed by atoms with van der Waals surface area (Å²) in [4.78, 5) is 2.62. The maximum Gasteiger partial charge on any atom is 0.119 e. The predicted molar refractivity (Wildman–Crippen MR) is 119 cm³/mol. The van der Waals surface area contributed by atoms with Crippen LogP contribution < -0.4 is 10.1 Å². The van der Waals surface area contributed by atoms with E-state index in [1.807, 2.05) is 24.3 Å². The average molecular weight is 443 g/mol. The van der Waals surface area contributed by atoms with Crippen molar-refractivity contribution in [1.82, 2.24) is 10.2 Å². The Kier molecular flexibility index (Phi) is 6.71. The van der Waals surface area contributed by atoms with Gasteiger partial charge < -0.3 is 10.1 Å². The number of piperidine rings is 1. The van der Waals surface area contributed by atoms with Gasteiger partial charge in [-0.1, -0.05) is 53.2 Å². The summed E-state index contributed by atoms with van der Waals surface area (Å²) >= 11 is 3.48. The first-order valence-corrected chi connectivity index (χ1v) is 11.5. The Morgan fingerprint density at radius 3 is 2.46 bits per heavy atom. The number of nitrogens with zero attached hydrogens (tertiary/aromatic N) is 1. The zero-order valence-corrected chi connectivity index (χ0v) is 18.3. The largest absolute Gasteiger partial charge is 0.492 e. The van der Waals surface area contributed by atoms with Crippen molar-refractivity contribution in [3.05, 3.63) is 64.6 Å². The van der Waals surface area contributed by atoms with Crippen LogP contribution in [0.15, 0.2) is 59.1 Å². The molecule has 0 aromatic heterocycles. The van der Waals surface area contributed by atoms with Gasteiger partial charge in [0, 0.05) is 41.6 Å². The van der Waals surface area contributed by atoms with Gasteiger partial charge in [-0.05, 0) is 55.5 Å². The monoisotopic (exact) mass is 442 g/mol. The summed E-state index contributed by atoms with van der Waals surface area (Å²) in [6.07, 6.45) is 4.91. The van der Waals surface area contributed by atoms with E-state index >= 15 is 0 Å². The fourth-order valence-corrected chi connectivity index (χ4v) is 4.65. The molecule has 1 saturated heterocycles. The topological polar surface area (TPSA) is 24.5 Å². The van der Waals surface area contributed by atoms with Gasteiger partial charge in [-0.2, -0.15) is 0 Å². The number of nitrogens with one attached hydrogen (secondary N) is 1. The lowest BCUT2D eigenvalue weighted by Gasteiger charge is -2.37. The van der Waals surface area contributed by atoms with Gasteiger partial charge in [-0.3, -0.25) is 4.90 Å². The first-order valence-electron chi connectivity index (χ1n) is 10.7. The van der Waals surface area contributed by atoms with Crippen molar-refractivity contribution in [2.75, 3.05) is 19.7 Å². The second-order valence-corrected chi connectivity index (χ2v) is 9.08. The Bertz CT molecular complexity index is 728. The van der Waals surface area contributed by atoms with E-state index in [2.05, 4.69) is 63.4 Å². The van der Waals surface area contributed by atoms with Crippen LogP contribution in [0.2, 0.25) is 0 Å². The van der Waals surface area contributed by atoms with Gasteiger partial charge >= 0.3 is 0 Å². The third-order valence-corrected chi connectivity index (χ3v) is 6.77. The Labute approximate surface area is 177 Å². The molecule has 2 aliphatic rings. The number of hydrogen-bond donors (Lipinski definition) is 1. The molecular formula is C24H31BrN2O. The van der Waals surface area contributed by atoms with Crippen LogP contribution in [-0.2, 0) is 0 Å². The number of hydrogen-bond acceptors (Lipinski definition) is 3. The van der Waals surface area contributed by atoms with Crippen LogP contribution in [0.1, 0.15) is 44.1 Å². The van der Waals surface area contributed by atoms with Crippen LogP contribution in [0.4, 0.5) is 0 Å². The molecule has 0 amide bonds. The minimum absolute atomic E-state index is 0.502. The van der Waals surface area contributed by atoms with Gasteiger partial charge in [-0.15, -0.1) is 0 Å². The molecule has 4 heteroatoms. The standard InChI is InChI=1S/C24H31BrN2O/c1-2-21(17-28-22-10-8-19(25)9-11-22)27-14-12-20(13-15-27)26-24-16-23(24)18-6-4-3-5-7-18/h3-11,20-21,23-24,26H,2,12-17H2,1H3/t21?,23-,24+/m0/s1. The highest BCUT2D eigenvalue weighted by Gasteiger charge is 2.39. The molecule has 1 saturated carbocycles. The minimum Gasteiger partial charge on any atom is -0.492 e. The SMILES string of the molecule is CCC(COc1ccc(Br)cc1)N1CCC(N[C@@H]2C[C@H]2c2ccccc2)CC1. The van der Waals surface area contributed by atoms with Crippen LogP contribution in [0, 0.1) is 0 Å². The van der Waals surface area contributed by atoms with Gasteiger partial charge in [0.2, 0.25) is 0 Å². The van der Waals surface area contributed by atoms with Crippen LogP contribution in [0.3, 0.4) is 0 Å². The molecule has 4 rings (SSSR count). The maximum absolute atomic E-state index is 6.05. The summed E-state index contributed by atoms with van der Waals surface area (Å²) in [6, 6.07) is 20.9. The molecule has 0 radical (unpaired) electrons. The molecule has 3 atom stereocenters. The second-order valence-electron chi connectivity index (χ2n) is 8.16. The smallest absolute Gasteiger partial charge is 0.119 e. The van der Waals surface area contributed by atoms with E-state index in [0.29, 0.717) is 18.1 Å². The van der Waals surface area contributed by atoms with Gasteiger partial charge in [0.15, 0.2) is 0 Å². The van der Waals surface area contributed by atoms with Crippen molar-refractivity contribution < 1.29 is 4.74 Å². The van der Waals surface area contributed by atoms with Crippen LogP contribution in [-0.4, -0.2) is 42.7 Å². The number of benzene rings is 2. The van der Waals surface area contributed by atoms with E-state index in [4.69, 9.17) is 4.74 Å². The highest BCUT2D eigenvalue weighted by molar-refractivity contribution is 9.10.